The Labute approximate surface area is 295 Å². The Morgan fingerprint density at radius 1 is 0.800 bits per heavy atom. The van der Waals surface area contributed by atoms with Crippen LogP contribution in [-0.2, 0) is 16.0 Å². The average Bonchev–Trinajstić information content (AvgIpc) is 3.75. The number of nitrogens with zero attached hydrogens (tertiary/aromatic N) is 2. The van der Waals surface area contributed by atoms with Gasteiger partial charge >= 0.3 is 5.97 Å². The fourth-order valence-corrected chi connectivity index (χ4v) is 4.89. The molecule has 2 aromatic heterocycles. The summed E-state index contributed by atoms with van der Waals surface area (Å²) in [5, 5.41) is 23.0. The zero-order chi connectivity index (χ0) is 36.1. The predicted octanol–water partition coefficient (Wildman–Crippen LogP) is -0.538. The van der Waals surface area contributed by atoms with Gasteiger partial charge in [0.2, 0.25) is 0 Å². The number of aromatic amines is 2. The largest absolute Gasteiger partial charge is 0.480 e. The van der Waals surface area contributed by atoms with Crippen LogP contribution < -0.4 is 32.3 Å². The first-order chi connectivity index (χ1) is 23.3. The molecule has 272 valence electrons. The van der Waals surface area contributed by atoms with Crippen LogP contribution in [0.2, 0.25) is 0 Å². The highest BCUT2D eigenvalue weighted by atomic mass is 35.5. The normalized spacial score (nSPS) is 13.2. The first-order valence-electron chi connectivity index (χ1n) is 15.9. The fourth-order valence-electron chi connectivity index (χ4n) is 4.89. The lowest BCUT2D eigenvalue weighted by atomic mass is 10.0. The number of imidazole rings is 2. The number of ketones is 1. The maximum absolute atomic E-state index is 12.9. The van der Waals surface area contributed by atoms with Gasteiger partial charge in [-0.2, -0.15) is 0 Å². The number of halogens is 1. The minimum absolute atomic E-state index is 0. The van der Waals surface area contributed by atoms with Gasteiger partial charge in [-0.05, 0) is 31.7 Å². The van der Waals surface area contributed by atoms with Crippen molar-refractivity contribution >= 4 is 47.8 Å². The Bertz CT molecular complexity index is 1610. The highest BCUT2D eigenvalue weighted by molar-refractivity contribution is 6.06. The summed E-state index contributed by atoms with van der Waals surface area (Å²) in [6.07, 6.45) is 3.14. The number of benzene rings is 1. The van der Waals surface area contributed by atoms with Crippen molar-refractivity contribution in [3.05, 3.63) is 71.3 Å². The summed E-state index contributed by atoms with van der Waals surface area (Å²) in [6.45, 7) is 7.70. The molecule has 1 aromatic carbocycles. The Morgan fingerprint density at radius 2 is 1.36 bits per heavy atom. The molecule has 3 aromatic rings. The molecule has 0 aliphatic rings. The third kappa shape index (κ3) is 12.1. The van der Waals surface area contributed by atoms with E-state index in [0.717, 1.165) is 6.33 Å². The smallest absolute Gasteiger partial charge is 0.326 e. The van der Waals surface area contributed by atoms with E-state index in [2.05, 4.69) is 52.3 Å². The molecule has 0 aliphatic heterocycles. The number of quaternary nitrogens is 1. The lowest BCUT2D eigenvalue weighted by Crippen LogP contribution is -2.60. The lowest BCUT2D eigenvalue weighted by Gasteiger charge is -2.18. The quantitative estimate of drug-likeness (QED) is 0.0764. The Balaban J connectivity index is 0.00000867. The maximum atomic E-state index is 12.9. The fraction of sp³-hybridized carbons (Fsp3) is 0.438. The number of nitrogens with one attached hydrogen (secondary N) is 7. The number of carboxylic acids is 1. The minimum Gasteiger partial charge on any atom is -0.480 e. The summed E-state index contributed by atoms with van der Waals surface area (Å²) in [4.78, 5) is 89.2. The molecule has 0 fully saturated rings. The lowest BCUT2D eigenvalue weighted by molar-refractivity contribution is -0.373. The Kier molecular flexibility index (Phi) is 16.2. The molecule has 0 bridgehead atoms. The summed E-state index contributed by atoms with van der Waals surface area (Å²) >= 11 is 0. The molecule has 0 saturated heterocycles. The molecule has 4 amide bonds. The average molecular weight is 718 g/mol. The number of carboxylic acid groups (broad SMARTS) is 1. The van der Waals surface area contributed by atoms with Crippen molar-refractivity contribution < 1.29 is 39.6 Å². The van der Waals surface area contributed by atoms with Gasteiger partial charge in [0.15, 0.2) is 17.2 Å². The molecule has 50 heavy (non-hydrogen) atoms. The van der Waals surface area contributed by atoms with Gasteiger partial charge in [-0.15, -0.1) is 12.4 Å². The molecule has 0 aliphatic carbocycles. The molecular formula is C32H46ClN10O7+. The third-order valence-corrected chi connectivity index (χ3v) is 7.45. The van der Waals surface area contributed by atoms with Crippen LogP contribution in [0.25, 0.3) is 0 Å². The second-order valence-corrected chi connectivity index (χ2v) is 12.1. The molecule has 11 N–H and O–H groups in total. The zero-order valence-electron chi connectivity index (χ0n) is 28.4. The van der Waals surface area contributed by atoms with Crippen LogP contribution in [0.15, 0.2) is 43.0 Å². The van der Waals surface area contributed by atoms with Gasteiger partial charge in [-0.25, -0.2) is 14.8 Å². The number of carbonyl (C=O) groups is 6. The summed E-state index contributed by atoms with van der Waals surface area (Å²) in [6, 6.07) is 5.93. The standard InChI is InChI=1S/C32H44N10O7.ClH/c1-17(2)10-21(12-33)41-30(46)26-25(36-16-37-26)29(45)40-19(4)23(43)14-34-13-18(3)39-28(44)24-27(38-15-35-24)31(47)42-22(32(48)49)11-20-8-6-5-7-9-20;/h5-9,15-19,21-22,34H,10-14,33H2,1-4H3,(H,35,38)(H,36,37)(H,39,44)(H,40,45)(H,41,46)(H,42,47)(H,48,49);1H/p+1/t18-,19-,21-,22-;/m0./s1. The molecule has 17 nitrogen and oxygen atoms in total. The topological polar surface area (TPSA) is 268 Å². The number of aromatic nitrogens is 4. The summed E-state index contributed by atoms with van der Waals surface area (Å²) in [5.74, 6) is -3.95. The van der Waals surface area contributed by atoms with E-state index in [9.17, 15) is 33.9 Å². The number of hydrogen-bond donors (Lipinski definition) is 9. The van der Waals surface area contributed by atoms with Crippen LogP contribution in [0.1, 0.15) is 81.6 Å². The van der Waals surface area contributed by atoms with E-state index in [1.165, 1.54) is 13.3 Å². The number of hydrogen-bond acceptors (Lipinski definition) is 9. The van der Waals surface area contributed by atoms with Crippen molar-refractivity contribution in [2.75, 3.05) is 19.6 Å². The van der Waals surface area contributed by atoms with Crippen LogP contribution in [-0.4, -0.2) is 104 Å². The van der Waals surface area contributed by atoms with E-state index in [-0.39, 0.29) is 66.5 Å². The van der Waals surface area contributed by atoms with Gasteiger partial charge < -0.3 is 47.4 Å². The van der Waals surface area contributed by atoms with E-state index >= 15 is 0 Å². The van der Waals surface area contributed by atoms with Crippen molar-refractivity contribution in [3.8, 4) is 0 Å². The molecule has 18 heteroatoms. The summed E-state index contributed by atoms with van der Waals surface area (Å²) < 4.78 is 0. The number of H-pyrrole nitrogens is 2. The molecule has 0 saturated carbocycles. The molecule has 0 radical (unpaired) electrons. The van der Waals surface area contributed by atoms with Gasteiger partial charge in [-0.1, -0.05) is 44.2 Å². The van der Waals surface area contributed by atoms with Gasteiger partial charge in [0.1, 0.15) is 17.4 Å². The first kappa shape index (κ1) is 41.0. The number of amides is 4. The molecule has 0 unspecified atom stereocenters. The molecule has 3 rings (SSSR count). The van der Waals surface area contributed by atoms with E-state index in [1.807, 2.05) is 13.8 Å². The van der Waals surface area contributed by atoms with Gasteiger partial charge in [-0.3, -0.25) is 24.0 Å². The van der Waals surface area contributed by atoms with Gasteiger partial charge in [0.05, 0.1) is 37.8 Å². The molecule has 4 atom stereocenters. The summed E-state index contributed by atoms with van der Waals surface area (Å²) in [5.41, 5.74) is 3.98. The van der Waals surface area contributed by atoms with Crippen molar-refractivity contribution in [3.63, 3.8) is 0 Å². The molecule has 0 spiro atoms. The van der Waals surface area contributed by atoms with Gasteiger partial charge in [0, 0.05) is 19.0 Å². The Hall–Kier alpha value is -5.13. The summed E-state index contributed by atoms with van der Waals surface area (Å²) in [7, 11) is 0. The monoisotopic (exact) mass is 717 g/mol. The van der Waals surface area contributed by atoms with Crippen molar-refractivity contribution in [1.29, 1.82) is 0 Å². The maximum Gasteiger partial charge on any atom is 0.326 e. The van der Waals surface area contributed by atoms with Crippen LogP contribution in [0.4, 0.5) is 0 Å². The van der Waals surface area contributed by atoms with E-state index in [0.29, 0.717) is 24.4 Å². The number of carbonyl (C=O) groups excluding carboxylic acids is 5. The van der Waals surface area contributed by atoms with Crippen LogP contribution >= 0.6 is 12.4 Å². The number of aliphatic carboxylic acids is 1. The highest BCUT2D eigenvalue weighted by Gasteiger charge is 2.28. The number of Topliss-reactive ketones (excluding diaryl/α,β-unsaturated/α-hetero) is 1. The second kappa shape index (κ2) is 19.8. The second-order valence-electron chi connectivity index (χ2n) is 12.1. The van der Waals surface area contributed by atoms with Gasteiger partial charge in [0.25, 0.3) is 23.6 Å². The van der Waals surface area contributed by atoms with E-state index in [1.54, 1.807) is 37.3 Å². The highest BCUT2D eigenvalue weighted by Crippen LogP contribution is 2.09. The first-order valence-corrected chi connectivity index (χ1v) is 15.9. The molecule has 2 heterocycles. The minimum atomic E-state index is -1.24. The third-order valence-electron chi connectivity index (χ3n) is 7.45. The molecular weight excluding hydrogens is 672 g/mol. The Morgan fingerprint density at radius 3 is 1.90 bits per heavy atom. The van der Waals surface area contributed by atoms with Crippen LogP contribution in [0.5, 0.6) is 0 Å². The SMILES string of the molecule is CC(C)C[C@@H](C[NH3+])NC(=O)c1nc[nH]c1C(=O)N[C@@H](C)C(=O)CNC[C@H](C)NC(=O)c1nc[nH]c1C(=O)N[C@@H](Cc1ccccc1)C(=O)O.Cl. The van der Waals surface area contributed by atoms with Crippen molar-refractivity contribution in [2.24, 2.45) is 5.92 Å². The van der Waals surface area contributed by atoms with Crippen molar-refractivity contribution in [1.82, 2.24) is 46.5 Å². The van der Waals surface area contributed by atoms with Crippen LogP contribution in [0, 0.1) is 5.92 Å². The predicted molar refractivity (Wildman–Crippen MR) is 184 cm³/mol. The zero-order valence-corrected chi connectivity index (χ0v) is 29.2. The van der Waals surface area contributed by atoms with E-state index in [4.69, 9.17) is 0 Å². The number of rotatable bonds is 19. The van der Waals surface area contributed by atoms with Crippen LogP contribution in [0.3, 0.4) is 0 Å². The van der Waals surface area contributed by atoms with Crippen molar-refractivity contribution in [2.45, 2.75) is 64.7 Å². The van der Waals surface area contributed by atoms with E-state index < -0.39 is 47.7 Å².